The largest absolute Gasteiger partial charge is 0.352 e. The van der Waals surface area contributed by atoms with E-state index in [-0.39, 0.29) is 29.8 Å². The maximum Gasteiger partial charge on any atom is 0.240 e. The summed E-state index contributed by atoms with van der Waals surface area (Å²) in [6, 6.07) is 9.11. The summed E-state index contributed by atoms with van der Waals surface area (Å²) in [7, 11) is -3.53. The smallest absolute Gasteiger partial charge is 0.240 e. The number of hydrogen-bond acceptors (Lipinski definition) is 4. The van der Waals surface area contributed by atoms with Gasteiger partial charge in [-0.1, -0.05) is 18.2 Å². The van der Waals surface area contributed by atoms with Crippen molar-refractivity contribution < 1.29 is 13.2 Å². The first-order valence-electron chi connectivity index (χ1n) is 8.13. The summed E-state index contributed by atoms with van der Waals surface area (Å²) >= 11 is 0. The van der Waals surface area contributed by atoms with Gasteiger partial charge >= 0.3 is 0 Å². The van der Waals surface area contributed by atoms with Crippen molar-refractivity contribution in [3.05, 3.63) is 30.3 Å². The van der Waals surface area contributed by atoms with Crippen LogP contribution >= 0.6 is 0 Å². The number of sulfonamides is 1. The molecule has 1 atom stereocenters. The second kappa shape index (κ2) is 6.98. The number of benzene rings is 1. The Balaban J connectivity index is 1.39. The maximum atomic E-state index is 12.0. The Morgan fingerprint density at radius 3 is 2.61 bits per heavy atom. The van der Waals surface area contributed by atoms with Gasteiger partial charge in [0.05, 0.1) is 4.90 Å². The van der Waals surface area contributed by atoms with Gasteiger partial charge in [-0.3, -0.25) is 9.69 Å². The van der Waals surface area contributed by atoms with Crippen LogP contribution in [0.15, 0.2) is 35.2 Å². The Labute approximate surface area is 137 Å². The molecule has 2 N–H and O–H groups in total. The molecule has 1 aliphatic heterocycles. The average Bonchev–Trinajstić information content (AvgIpc) is 3.28. The topological polar surface area (TPSA) is 78.5 Å². The molecule has 1 amide bonds. The van der Waals surface area contributed by atoms with Gasteiger partial charge < -0.3 is 5.32 Å². The molecule has 0 spiro atoms. The summed E-state index contributed by atoms with van der Waals surface area (Å²) in [5.74, 6) is -0.0941. The second-order valence-corrected chi connectivity index (χ2v) is 8.01. The highest BCUT2D eigenvalue weighted by Gasteiger charge is 2.34. The van der Waals surface area contributed by atoms with E-state index in [4.69, 9.17) is 0 Å². The van der Waals surface area contributed by atoms with Gasteiger partial charge in [0, 0.05) is 38.1 Å². The van der Waals surface area contributed by atoms with Gasteiger partial charge in [0.15, 0.2) is 0 Å². The summed E-state index contributed by atoms with van der Waals surface area (Å²) in [5, 5.41) is 3.00. The third-order valence-electron chi connectivity index (χ3n) is 4.35. The molecule has 1 aliphatic carbocycles. The van der Waals surface area contributed by atoms with E-state index in [1.54, 1.807) is 18.2 Å². The van der Waals surface area contributed by atoms with Gasteiger partial charge in [-0.05, 0) is 31.4 Å². The number of carbonyl (C=O) groups excluding carboxylic acids is 1. The van der Waals surface area contributed by atoms with Crippen LogP contribution in [0.4, 0.5) is 0 Å². The van der Waals surface area contributed by atoms with Crippen LogP contribution in [0.3, 0.4) is 0 Å². The highest BCUT2D eigenvalue weighted by molar-refractivity contribution is 7.89. The van der Waals surface area contributed by atoms with Crippen molar-refractivity contribution in [2.24, 2.45) is 0 Å². The highest BCUT2D eigenvalue weighted by atomic mass is 32.2. The first kappa shape index (κ1) is 16.4. The van der Waals surface area contributed by atoms with Crippen molar-refractivity contribution in [2.75, 3.05) is 19.6 Å². The van der Waals surface area contributed by atoms with Gasteiger partial charge in [-0.2, -0.15) is 0 Å². The molecular formula is C16H23N3O3S. The lowest BCUT2D eigenvalue weighted by Crippen LogP contribution is -2.39. The predicted molar refractivity (Wildman–Crippen MR) is 87.4 cm³/mol. The van der Waals surface area contributed by atoms with Crippen LogP contribution in [-0.2, 0) is 14.8 Å². The average molecular weight is 337 g/mol. The van der Waals surface area contributed by atoms with E-state index in [2.05, 4.69) is 14.9 Å². The van der Waals surface area contributed by atoms with Gasteiger partial charge in [-0.15, -0.1) is 0 Å². The lowest BCUT2D eigenvalue weighted by atomic mass is 10.2. The number of rotatable bonds is 7. The lowest BCUT2D eigenvalue weighted by molar-refractivity contribution is -0.121. The fourth-order valence-electron chi connectivity index (χ4n) is 2.96. The molecule has 1 aromatic rings. The minimum absolute atomic E-state index is 0.0941. The monoisotopic (exact) mass is 337 g/mol. The molecule has 6 nitrogen and oxygen atoms in total. The zero-order valence-corrected chi connectivity index (χ0v) is 13.9. The SMILES string of the molecule is O=C(CCNS(=O)(=O)c1ccccc1)NC1CCN(C2CC2)C1. The van der Waals surface area contributed by atoms with Crippen molar-refractivity contribution in [2.45, 2.75) is 42.7 Å². The van der Waals surface area contributed by atoms with Crippen LogP contribution < -0.4 is 10.0 Å². The standard InChI is InChI=1S/C16H23N3O3S/c20-16(18-13-9-11-19(12-13)14-6-7-14)8-10-17-23(21,22)15-4-2-1-3-5-15/h1-5,13-14,17H,6-12H2,(H,18,20). The first-order chi connectivity index (χ1) is 11.0. The molecule has 7 heteroatoms. The molecule has 1 aromatic carbocycles. The van der Waals surface area contributed by atoms with Gasteiger partial charge in [-0.25, -0.2) is 13.1 Å². The summed E-state index contributed by atoms with van der Waals surface area (Å²) < 4.78 is 26.5. The minimum atomic E-state index is -3.53. The number of carbonyl (C=O) groups is 1. The van der Waals surface area contributed by atoms with Crippen LogP contribution in [0.5, 0.6) is 0 Å². The first-order valence-corrected chi connectivity index (χ1v) is 9.61. The molecule has 1 saturated heterocycles. The van der Waals surface area contributed by atoms with Crippen molar-refractivity contribution in [3.63, 3.8) is 0 Å². The zero-order chi connectivity index (χ0) is 16.3. The number of likely N-dealkylation sites (tertiary alicyclic amines) is 1. The van der Waals surface area contributed by atoms with E-state index in [1.165, 1.54) is 25.0 Å². The van der Waals surface area contributed by atoms with E-state index in [0.717, 1.165) is 25.6 Å². The summed E-state index contributed by atoms with van der Waals surface area (Å²) in [6.07, 6.45) is 3.70. The Morgan fingerprint density at radius 1 is 1.17 bits per heavy atom. The molecule has 1 heterocycles. The molecule has 1 saturated carbocycles. The fraction of sp³-hybridized carbons (Fsp3) is 0.562. The summed E-state index contributed by atoms with van der Waals surface area (Å²) in [5.41, 5.74) is 0. The normalized spacial score (nSPS) is 22.2. The number of nitrogens with zero attached hydrogens (tertiary/aromatic N) is 1. The van der Waals surface area contributed by atoms with Crippen molar-refractivity contribution in [3.8, 4) is 0 Å². The summed E-state index contributed by atoms with van der Waals surface area (Å²) in [4.78, 5) is 14.6. The van der Waals surface area contributed by atoms with E-state index >= 15 is 0 Å². The number of nitrogens with one attached hydrogen (secondary N) is 2. The van der Waals surface area contributed by atoms with Crippen LogP contribution in [0.1, 0.15) is 25.7 Å². The number of hydrogen-bond donors (Lipinski definition) is 2. The molecular weight excluding hydrogens is 314 g/mol. The predicted octanol–water partition coefficient (Wildman–Crippen LogP) is 0.708. The van der Waals surface area contributed by atoms with Crippen LogP contribution in [0, 0.1) is 0 Å². The third-order valence-corrected chi connectivity index (χ3v) is 5.82. The molecule has 0 bridgehead atoms. The van der Waals surface area contributed by atoms with Gasteiger partial charge in [0.25, 0.3) is 0 Å². The Kier molecular flexibility index (Phi) is 4.99. The highest BCUT2D eigenvalue weighted by Crippen LogP contribution is 2.29. The number of amides is 1. The Bertz CT molecular complexity index is 644. The molecule has 0 aromatic heterocycles. The fourth-order valence-corrected chi connectivity index (χ4v) is 4.01. The molecule has 2 aliphatic rings. The van der Waals surface area contributed by atoms with Crippen molar-refractivity contribution in [1.82, 2.24) is 14.9 Å². The van der Waals surface area contributed by atoms with Crippen molar-refractivity contribution >= 4 is 15.9 Å². The molecule has 3 rings (SSSR count). The molecule has 23 heavy (non-hydrogen) atoms. The lowest BCUT2D eigenvalue weighted by Gasteiger charge is -2.15. The molecule has 126 valence electrons. The van der Waals surface area contributed by atoms with E-state index in [0.29, 0.717) is 0 Å². The zero-order valence-electron chi connectivity index (χ0n) is 13.1. The summed E-state index contributed by atoms with van der Waals surface area (Å²) in [6.45, 7) is 2.09. The van der Waals surface area contributed by atoms with Crippen LogP contribution in [-0.4, -0.2) is 50.9 Å². The molecule has 0 radical (unpaired) electrons. The Hall–Kier alpha value is -1.44. The Morgan fingerprint density at radius 2 is 1.91 bits per heavy atom. The maximum absolute atomic E-state index is 12.0. The molecule has 2 fully saturated rings. The van der Waals surface area contributed by atoms with E-state index in [9.17, 15) is 13.2 Å². The van der Waals surface area contributed by atoms with E-state index in [1.807, 2.05) is 0 Å². The van der Waals surface area contributed by atoms with E-state index < -0.39 is 10.0 Å². The van der Waals surface area contributed by atoms with Gasteiger partial charge in [0.1, 0.15) is 0 Å². The third kappa shape index (κ3) is 4.53. The quantitative estimate of drug-likeness (QED) is 0.768. The van der Waals surface area contributed by atoms with Crippen LogP contribution in [0.25, 0.3) is 0 Å². The minimum Gasteiger partial charge on any atom is -0.352 e. The van der Waals surface area contributed by atoms with Crippen LogP contribution in [0.2, 0.25) is 0 Å². The van der Waals surface area contributed by atoms with Gasteiger partial charge in [0.2, 0.25) is 15.9 Å². The van der Waals surface area contributed by atoms with Crippen molar-refractivity contribution in [1.29, 1.82) is 0 Å². The second-order valence-electron chi connectivity index (χ2n) is 6.24. The molecule has 1 unspecified atom stereocenters.